The number of morpholine rings is 1. The molecule has 34 heavy (non-hydrogen) atoms. The van der Waals surface area contributed by atoms with Crippen LogP contribution in [0.5, 0.6) is 0 Å². The lowest BCUT2D eigenvalue weighted by Gasteiger charge is -2.28. The van der Waals surface area contributed by atoms with E-state index in [0.717, 1.165) is 35.4 Å². The van der Waals surface area contributed by atoms with E-state index in [1.165, 1.54) is 0 Å². The van der Waals surface area contributed by atoms with E-state index in [1.807, 2.05) is 42.5 Å². The van der Waals surface area contributed by atoms with E-state index in [4.69, 9.17) is 9.15 Å². The van der Waals surface area contributed by atoms with Crippen LogP contribution in [-0.4, -0.2) is 51.8 Å². The molecular weight excluding hydrogens is 432 g/mol. The van der Waals surface area contributed by atoms with Gasteiger partial charge in [-0.3, -0.25) is 4.79 Å². The van der Waals surface area contributed by atoms with Crippen LogP contribution in [0.25, 0.3) is 28.1 Å². The highest BCUT2D eigenvalue weighted by Gasteiger charge is 2.20. The molecule has 1 aliphatic rings. The summed E-state index contributed by atoms with van der Waals surface area (Å²) < 4.78 is 13.3. The molecule has 0 atom stereocenters. The first kappa shape index (κ1) is 20.4. The number of imidazole rings is 1. The number of hydrogen-bond acceptors (Lipinski definition) is 7. The maximum absolute atomic E-state index is 12.7. The number of rotatable bonds is 5. The number of fused-ring (bicyclic) bond motifs is 2. The maximum atomic E-state index is 12.7. The first-order valence-electron chi connectivity index (χ1n) is 11.1. The molecule has 1 amide bonds. The molecule has 0 bridgehead atoms. The van der Waals surface area contributed by atoms with Gasteiger partial charge < -0.3 is 19.4 Å². The number of furan rings is 1. The van der Waals surface area contributed by atoms with Gasteiger partial charge in [0, 0.05) is 25.8 Å². The largest absolute Gasteiger partial charge is 0.454 e. The number of carbonyl (C=O) groups is 1. The lowest BCUT2D eigenvalue weighted by molar-refractivity contribution is 0.0944. The quantitative estimate of drug-likeness (QED) is 0.435. The van der Waals surface area contributed by atoms with Crippen molar-refractivity contribution in [1.29, 1.82) is 0 Å². The molecular formula is C25H22N6O3. The normalized spacial score (nSPS) is 14.1. The third kappa shape index (κ3) is 3.75. The molecule has 1 N–H and O–H groups in total. The van der Waals surface area contributed by atoms with Gasteiger partial charge in [0.05, 0.1) is 24.8 Å². The number of amides is 1. The Morgan fingerprint density at radius 3 is 2.74 bits per heavy atom. The summed E-state index contributed by atoms with van der Waals surface area (Å²) in [6.07, 6.45) is 3.45. The topological polar surface area (TPSA) is 97.8 Å². The number of nitrogens with zero attached hydrogens (tertiary/aromatic N) is 5. The van der Waals surface area contributed by atoms with Crippen LogP contribution in [0, 0.1) is 0 Å². The number of aromatic nitrogens is 4. The Labute approximate surface area is 195 Å². The minimum atomic E-state index is -0.256. The van der Waals surface area contributed by atoms with Crippen LogP contribution in [0.1, 0.15) is 16.1 Å². The van der Waals surface area contributed by atoms with Crippen molar-refractivity contribution < 1.29 is 13.9 Å². The average Bonchev–Trinajstić information content (AvgIpc) is 3.52. The van der Waals surface area contributed by atoms with Gasteiger partial charge in [-0.15, -0.1) is 0 Å². The Morgan fingerprint density at radius 2 is 1.88 bits per heavy atom. The standard InChI is InChI=1S/C25H22N6O3/c32-25(28-15-17-4-2-1-3-5-17)19-6-7-23-27-16-20(31(23)29-19)22-14-18-21(34-22)8-9-26-24(18)30-10-12-33-13-11-30/h1-9,14,16H,10-13,15H2,(H,28,32). The molecule has 5 heterocycles. The summed E-state index contributed by atoms with van der Waals surface area (Å²) in [6.45, 7) is 3.34. The predicted octanol–water partition coefficient (Wildman–Crippen LogP) is 3.30. The molecule has 0 spiro atoms. The first-order chi connectivity index (χ1) is 16.8. The maximum Gasteiger partial charge on any atom is 0.272 e. The van der Waals surface area contributed by atoms with E-state index in [0.29, 0.717) is 42.6 Å². The van der Waals surface area contributed by atoms with E-state index in [2.05, 4.69) is 25.3 Å². The van der Waals surface area contributed by atoms with Crippen LogP contribution < -0.4 is 10.2 Å². The lowest BCUT2D eigenvalue weighted by atomic mass is 10.2. The Hall–Kier alpha value is -4.24. The van der Waals surface area contributed by atoms with Gasteiger partial charge in [-0.2, -0.15) is 5.10 Å². The fraction of sp³-hybridized carbons (Fsp3) is 0.200. The average molecular weight is 454 g/mol. The number of nitrogens with one attached hydrogen (secondary N) is 1. The van der Waals surface area contributed by atoms with Crippen molar-refractivity contribution in [1.82, 2.24) is 24.9 Å². The van der Waals surface area contributed by atoms with Crippen molar-refractivity contribution in [3.05, 3.63) is 78.2 Å². The zero-order chi connectivity index (χ0) is 22.9. The zero-order valence-electron chi connectivity index (χ0n) is 18.3. The van der Waals surface area contributed by atoms with Crippen LogP contribution in [0.3, 0.4) is 0 Å². The summed E-state index contributed by atoms with van der Waals surface area (Å²) in [6, 6.07) is 17.0. The highest BCUT2D eigenvalue weighted by atomic mass is 16.5. The second kappa shape index (κ2) is 8.60. The van der Waals surface area contributed by atoms with Crippen LogP contribution >= 0.6 is 0 Å². The minimum absolute atomic E-state index is 0.256. The SMILES string of the molecule is O=C(NCc1ccccc1)c1ccc2ncc(-c3cc4c(N5CCOCC5)nccc4o3)n2n1. The van der Waals surface area contributed by atoms with Gasteiger partial charge in [0.1, 0.15) is 22.8 Å². The number of hydrogen-bond donors (Lipinski definition) is 1. The van der Waals surface area contributed by atoms with Gasteiger partial charge in [0.25, 0.3) is 5.91 Å². The van der Waals surface area contributed by atoms with Crippen molar-refractivity contribution in [2.45, 2.75) is 6.54 Å². The molecule has 6 rings (SSSR count). The monoisotopic (exact) mass is 454 g/mol. The lowest BCUT2D eigenvalue weighted by Crippen LogP contribution is -2.36. The molecule has 0 aliphatic carbocycles. The number of carbonyl (C=O) groups excluding carboxylic acids is 1. The Morgan fingerprint density at radius 1 is 1.03 bits per heavy atom. The summed E-state index contributed by atoms with van der Waals surface area (Å²) in [7, 11) is 0. The fourth-order valence-electron chi connectivity index (χ4n) is 4.13. The molecule has 170 valence electrons. The van der Waals surface area contributed by atoms with Gasteiger partial charge in [0.2, 0.25) is 0 Å². The molecule has 1 aromatic carbocycles. The number of pyridine rings is 1. The van der Waals surface area contributed by atoms with Crippen LogP contribution in [0.4, 0.5) is 5.82 Å². The third-order valence-corrected chi connectivity index (χ3v) is 5.88. The van der Waals surface area contributed by atoms with E-state index in [9.17, 15) is 4.79 Å². The molecule has 0 saturated carbocycles. The second-order valence-electron chi connectivity index (χ2n) is 8.06. The Kier molecular flexibility index (Phi) is 5.15. The van der Waals surface area contributed by atoms with Crippen molar-refractivity contribution in [2.75, 3.05) is 31.2 Å². The van der Waals surface area contributed by atoms with Gasteiger partial charge >= 0.3 is 0 Å². The molecule has 5 aromatic rings. The first-order valence-corrected chi connectivity index (χ1v) is 11.1. The third-order valence-electron chi connectivity index (χ3n) is 5.88. The van der Waals surface area contributed by atoms with Crippen molar-refractivity contribution in [2.24, 2.45) is 0 Å². The molecule has 4 aromatic heterocycles. The predicted molar refractivity (Wildman–Crippen MR) is 127 cm³/mol. The Balaban J connectivity index is 1.32. The number of ether oxygens (including phenoxy) is 1. The smallest absolute Gasteiger partial charge is 0.272 e. The summed E-state index contributed by atoms with van der Waals surface area (Å²) in [5.41, 5.74) is 3.35. The highest BCUT2D eigenvalue weighted by Crippen LogP contribution is 2.33. The highest BCUT2D eigenvalue weighted by molar-refractivity contribution is 5.93. The van der Waals surface area contributed by atoms with Gasteiger partial charge in [-0.1, -0.05) is 30.3 Å². The van der Waals surface area contributed by atoms with E-state index in [-0.39, 0.29) is 5.91 Å². The Bertz CT molecular complexity index is 1470. The second-order valence-corrected chi connectivity index (χ2v) is 8.06. The van der Waals surface area contributed by atoms with Crippen LogP contribution in [-0.2, 0) is 11.3 Å². The summed E-state index contributed by atoms with van der Waals surface area (Å²) in [5.74, 6) is 1.23. The molecule has 1 fully saturated rings. The number of benzene rings is 1. The minimum Gasteiger partial charge on any atom is -0.454 e. The molecule has 9 nitrogen and oxygen atoms in total. The fourth-order valence-corrected chi connectivity index (χ4v) is 4.13. The summed E-state index contributed by atoms with van der Waals surface area (Å²) in [4.78, 5) is 24.0. The number of anilines is 1. The van der Waals surface area contributed by atoms with Gasteiger partial charge in [-0.25, -0.2) is 14.5 Å². The molecule has 0 unspecified atom stereocenters. The summed E-state index contributed by atoms with van der Waals surface area (Å²) in [5, 5.41) is 8.38. The van der Waals surface area contributed by atoms with E-state index in [1.54, 1.807) is 29.0 Å². The van der Waals surface area contributed by atoms with Crippen LogP contribution in [0.15, 0.2) is 71.4 Å². The van der Waals surface area contributed by atoms with Gasteiger partial charge in [-0.05, 0) is 29.8 Å². The molecule has 1 aliphatic heterocycles. The molecule has 9 heteroatoms. The van der Waals surface area contributed by atoms with Crippen molar-refractivity contribution >= 4 is 28.3 Å². The molecule has 0 radical (unpaired) electrons. The van der Waals surface area contributed by atoms with E-state index >= 15 is 0 Å². The van der Waals surface area contributed by atoms with E-state index < -0.39 is 0 Å². The zero-order valence-corrected chi connectivity index (χ0v) is 18.3. The molecule has 1 saturated heterocycles. The van der Waals surface area contributed by atoms with Crippen LogP contribution in [0.2, 0.25) is 0 Å². The van der Waals surface area contributed by atoms with Gasteiger partial charge in [0.15, 0.2) is 11.4 Å². The van der Waals surface area contributed by atoms with Crippen molar-refractivity contribution in [3.8, 4) is 11.5 Å². The summed E-state index contributed by atoms with van der Waals surface area (Å²) >= 11 is 0. The van der Waals surface area contributed by atoms with Crippen molar-refractivity contribution in [3.63, 3.8) is 0 Å².